The summed E-state index contributed by atoms with van der Waals surface area (Å²) in [6, 6.07) is 0. The van der Waals surface area contributed by atoms with Gasteiger partial charge in [-0.25, -0.2) is 0 Å². The molecule has 3 aliphatic heterocycles. The smallest absolute Gasteiger partial charge is 0.314 e. The van der Waals surface area contributed by atoms with Crippen LogP contribution in [0.5, 0.6) is 0 Å². The highest BCUT2D eigenvalue weighted by molar-refractivity contribution is 5.84. The van der Waals surface area contributed by atoms with Crippen LogP contribution in [0, 0.1) is 56.7 Å². The SMILES string of the molecule is CC1OC(OC2C(C)OC(OC3C(O)C(CO)OC(O[C@H]4CC[C@@]5(C)C(CC[C@]6(C)C5CC=C5C7[C@@H](C)[C@H](C)CC[C@]7(C(=O)O)CC[C@]56C(=O)O)C4(C)C)C3O)C(O)C2O)C(O)C(O)C1O. The Morgan fingerprint density at radius 2 is 1.26 bits per heavy atom. The van der Waals surface area contributed by atoms with Gasteiger partial charge in [-0.05, 0) is 117 Å². The summed E-state index contributed by atoms with van der Waals surface area (Å²) in [7, 11) is 0. The number of hydrogen-bond donors (Lipinski definition) is 10. The number of aliphatic carboxylic acids is 2. The van der Waals surface area contributed by atoms with Crippen LogP contribution < -0.4 is 0 Å². The van der Waals surface area contributed by atoms with Crippen LogP contribution in [0.25, 0.3) is 0 Å². The molecule has 7 fully saturated rings. The molecule has 3 saturated heterocycles. The Hall–Kier alpha value is -1.88. The standard InChI is InChI=1S/C48H76O18/c1-20-11-16-47(42(57)58)17-18-48(43(59)60)24(29(47)21(20)2)9-10-27-45(7)14-13-28(44(5,6)26(45)12-15-46(27,48)8)64-41-36(56)38(31(51)25(19-49)63-41)66-40-35(55)33(53)37(23(4)62-40)65-39-34(54)32(52)30(50)22(3)61-39/h9,20-23,25-41,49-56H,10-19H2,1-8H3,(H,57,58)(H,59,60)/t20-,21+,22?,23?,25?,26?,27?,28+,29?,30?,31?,32?,33?,34?,35?,36?,37?,38?,39?,40?,41?,45+,46-,47+,48-/m1/s1. The van der Waals surface area contributed by atoms with Crippen molar-refractivity contribution in [2.24, 2.45) is 56.7 Å². The lowest BCUT2D eigenvalue weighted by molar-refractivity contribution is -0.380. The highest BCUT2D eigenvalue weighted by Crippen LogP contribution is 2.76. The molecule has 8 rings (SSSR count). The fraction of sp³-hybridized carbons (Fsp3) is 0.917. The molecule has 18 unspecified atom stereocenters. The predicted octanol–water partition coefficient (Wildman–Crippen LogP) is 1.68. The Labute approximate surface area is 386 Å². The number of aliphatic hydroxyl groups excluding tert-OH is 8. The molecule has 0 aromatic heterocycles. The van der Waals surface area contributed by atoms with E-state index in [1.165, 1.54) is 13.8 Å². The van der Waals surface area contributed by atoms with Crippen molar-refractivity contribution < 1.29 is 89.1 Å². The van der Waals surface area contributed by atoms with Crippen molar-refractivity contribution in [2.75, 3.05) is 6.61 Å². The fourth-order valence-corrected chi connectivity index (χ4v) is 15.4. The number of carbonyl (C=O) groups is 2. The topological polar surface area (TPSA) is 292 Å². The van der Waals surface area contributed by atoms with Gasteiger partial charge in [-0.2, -0.15) is 0 Å². The second kappa shape index (κ2) is 17.8. The van der Waals surface area contributed by atoms with Gasteiger partial charge < -0.3 is 79.5 Å². The van der Waals surface area contributed by atoms with E-state index in [0.29, 0.717) is 44.9 Å². The second-order valence-corrected chi connectivity index (χ2v) is 22.8. The predicted molar refractivity (Wildman–Crippen MR) is 230 cm³/mol. The van der Waals surface area contributed by atoms with E-state index in [1.807, 2.05) is 0 Å². The number of carboxylic acid groups (broad SMARTS) is 2. The van der Waals surface area contributed by atoms with Gasteiger partial charge in [0, 0.05) is 0 Å². The first kappa shape index (κ1) is 50.5. The fourth-order valence-electron chi connectivity index (χ4n) is 15.4. The average molecular weight is 941 g/mol. The summed E-state index contributed by atoms with van der Waals surface area (Å²) in [4.78, 5) is 27.2. The van der Waals surface area contributed by atoms with Gasteiger partial charge in [-0.3, -0.25) is 9.59 Å². The Morgan fingerprint density at radius 1 is 0.636 bits per heavy atom. The number of rotatable bonds is 9. The van der Waals surface area contributed by atoms with E-state index in [4.69, 9.17) is 28.4 Å². The Bertz CT molecular complexity index is 1850. The number of carboxylic acids is 2. The third kappa shape index (κ3) is 7.40. The molecular weight excluding hydrogens is 865 g/mol. The van der Waals surface area contributed by atoms with Gasteiger partial charge >= 0.3 is 11.9 Å². The van der Waals surface area contributed by atoms with Crippen LogP contribution in [0.4, 0.5) is 0 Å². The Morgan fingerprint density at radius 3 is 1.89 bits per heavy atom. The second-order valence-electron chi connectivity index (χ2n) is 22.8. The third-order valence-electron chi connectivity index (χ3n) is 19.5. The molecule has 66 heavy (non-hydrogen) atoms. The summed E-state index contributed by atoms with van der Waals surface area (Å²) in [6.07, 6.45) is -15.5. The van der Waals surface area contributed by atoms with Crippen LogP contribution in [0.15, 0.2) is 11.6 Å². The lowest BCUT2D eigenvalue weighted by Crippen LogP contribution is -2.68. The molecule has 5 aliphatic carbocycles. The van der Waals surface area contributed by atoms with Crippen molar-refractivity contribution in [1.82, 2.24) is 0 Å². The molecule has 0 bridgehead atoms. The summed E-state index contributed by atoms with van der Waals surface area (Å²) in [5.74, 6) is -1.76. The van der Waals surface area contributed by atoms with Gasteiger partial charge in [-0.1, -0.05) is 53.2 Å². The van der Waals surface area contributed by atoms with Gasteiger partial charge in [0.2, 0.25) is 0 Å². The minimum atomic E-state index is -1.82. The minimum absolute atomic E-state index is 0.0188. The summed E-state index contributed by atoms with van der Waals surface area (Å²) in [6.45, 7) is 15.2. The zero-order chi connectivity index (χ0) is 48.4. The molecule has 0 amide bonds. The largest absolute Gasteiger partial charge is 0.481 e. The van der Waals surface area contributed by atoms with E-state index in [9.17, 15) is 60.7 Å². The van der Waals surface area contributed by atoms with Crippen LogP contribution in [0.2, 0.25) is 0 Å². The molecule has 18 heteroatoms. The molecule has 8 aliphatic rings. The molecule has 0 aromatic carbocycles. The van der Waals surface area contributed by atoms with E-state index in [2.05, 4.69) is 47.6 Å². The zero-order valence-corrected chi connectivity index (χ0v) is 39.5. The quantitative estimate of drug-likeness (QED) is 0.116. The number of allylic oxidation sites excluding steroid dienone is 1. The first-order valence-corrected chi connectivity index (χ1v) is 24.3. The van der Waals surface area contributed by atoms with Gasteiger partial charge in [0.15, 0.2) is 18.9 Å². The summed E-state index contributed by atoms with van der Waals surface area (Å²) in [5, 5.41) is 109. The first-order valence-electron chi connectivity index (χ1n) is 24.3. The van der Waals surface area contributed by atoms with Crippen molar-refractivity contribution in [3.8, 4) is 0 Å². The maximum atomic E-state index is 14.0. The number of aliphatic hydroxyl groups is 8. The first-order chi connectivity index (χ1) is 30.8. The van der Waals surface area contributed by atoms with Crippen LogP contribution in [0.3, 0.4) is 0 Å². The van der Waals surface area contributed by atoms with Crippen molar-refractivity contribution in [3.63, 3.8) is 0 Å². The molecule has 376 valence electrons. The maximum Gasteiger partial charge on any atom is 0.314 e. The van der Waals surface area contributed by atoms with Gasteiger partial charge in [0.25, 0.3) is 0 Å². The molecule has 10 N–H and O–H groups in total. The number of ether oxygens (including phenoxy) is 6. The van der Waals surface area contributed by atoms with E-state index < -0.39 is 138 Å². The summed E-state index contributed by atoms with van der Waals surface area (Å²) in [5.41, 5.74) is -2.91. The molecule has 0 spiro atoms. The molecule has 18 nitrogen and oxygen atoms in total. The monoisotopic (exact) mass is 941 g/mol. The molecule has 4 saturated carbocycles. The van der Waals surface area contributed by atoms with E-state index >= 15 is 0 Å². The maximum absolute atomic E-state index is 14.0. The molecule has 25 atom stereocenters. The Kier molecular flexibility index (Phi) is 13.6. The summed E-state index contributed by atoms with van der Waals surface area (Å²) >= 11 is 0. The normalized spacial score (nSPS) is 54.7. The lowest BCUT2D eigenvalue weighted by atomic mass is 9.33. The van der Waals surface area contributed by atoms with Crippen LogP contribution in [-0.2, 0) is 38.0 Å². The molecule has 0 aromatic rings. The third-order valence-corrected chi connectivity index (χ3v) is 19.5. The highest BCUT2D eigenvalue weighted by Gasteiger charge is 2.73. The zero-order valence-electron chi connectivity index (χ0n) is 39.5. The van der Waals surface area contributed by atoms with E-state index in [0.717, 1.165) is 12.0 Å². The Balaban J connectivity index is 0.992. The summed E-state index contributed by atoms with van der Waals surface area (Å²) < 4.78 is 35.9. The van der Waals surface area contributed by atoms with Crippen LogP contribution in [-0.4, -0.2) is 168 Å². The molecule has 3 heterocycles. The average Bonchev–Trinajstić information content (AvgIpc) is 3.26. The highest BCUT2D eigenvalue weighted by atomic mass is 16.8. The van der Waals surface area contributed by atoms with E-state index in [1.54, 1.807) is 0 Å². The van der Waals surface area contributed by atoms with Crippen LogP contribution in [0.1, 0.15) is 113 Å². The van der Waals surface area contributed by atoms with Crippen molar-refractivity contribution in [2.45, 2.75) is 211 Å². The number of hydrogen-bond acceptors (Lipinski definition) is 16. The van der Waals surface area contributed by atoms with Crippen LogP contribution >= 0.6 is 0 Å². The van der Waals surface area contributed by atoms with Crippen molar-refractivity contribution >= 4 is 11.9 Å². The molecular formula is C48H76O18. The lowest BCUT2D eigenvalue weighted by Gasteiger charge is -2.70. The number of fused-ring (bicyclic) bond motifs is 7. The van der Waals surface area contributed by atoms with E-state index in [-0.39, 0.29) is 41.4 Å². The molecule has 0 radical (unpaired) electrons. The van der Waals surface area contributed by atoms with Gasteiger partial charge in [-0.15, -0.1) is 0 Å². The van der Waals surface area contributed by atoms with Crippen molar-refractivity contribution in [1.29, 1.82) is 0 Å². The van der Waals surface area contributed by atoms with Gasteiger partial charge in [0.1, 0.15) is 61.0 Å². The van der Waals surface area contributed by atoms with Gasteiger partial charge in [0.05, 0.1) is 35.7 Å². The van der Waals surface area contributed by atoms with Crippen molar-refractivity contribution in [3.05, 3.63) is 11.6 Å². The minimum Gasteiger partial charge on any atom is -0.481 e.